The number of hydrogen-bond donors (Lipinski definition) is 1. The quantitative estimate of drug-likeness (QED) is 0.680. The van der Waals surface area contributed by atoms with Crippen molar-refractivity contribution in [3.05, 3.63) is 55.8 Å². The Morgan fingerprint density at radius 1 is 1.05 bits per heavy atom. The highest BCUT2D eigenvalue weighted by atomic mass is 127. The lowest BCUT2D eigenvalue weighted by Gasteiger charge is -2.26. The number of benzene rings is 1. The van der Waals surface area contributed by atoms with Crippen LogP contribution in [0.4, 0.5) is 0 Å². The first-order valence-electron chi connectivity index (χ1n) is 6.63. The van der Waals surface area contributed by atoms with Gasteiger partial charge in [-0.2, -0.15) is 0 Å². The van der Waals surface area contributed by atoms with Gasteiger partial charge in [0.2, 0.25) is 0 Å². The first-order valence-corrected chi connectivity index (χ1v) is 8.58. The van der Waals surface area contributed by atoms with Gasteiger partial charge in [0.15, 0.2) is 0 Å². The molecule has 1 N–H and O–H groups in total. The van der Waals surface area contributed by atoms with Crippen LogP contribution in [0.1, 0.15) is 43.3 Å². The molecule has 19 heavy (non-hydrogen) atoms. The molecule has 0 aliphatic rings. The SMILES string of the molecule is CC(NC(c1cccs1)C(C)C)c1ccc(I)cc1. The Balaban J connectivity index is 2.11. The van der Waals surface area contributed by atoms with E-state index in [1.165, 1.54) is 14.0 Å². The molecule has 0 spiro atoms. The maximum Gasteiger partial charge on any atom is 0.0442 e. The highest BCUT2D eigenvalue weighted by Crippen LogP contribution is 2.28. The van der Waals surface area contributed by atoms with Gasteiger partial charge in [-0.25, -0.2) is 0 Å². The summed E-state index contributed by atoms with van der Waals surface area (Å²) < 4.78 is 1.28. The molecule has 2 atom stereocenters. The molecule has 2 unspecified atom stereocenters. The first kappa shape index (κ1) is 15.0. The highest BCUT2D eigenvalue weighted by Gasteiger charge is 2.19. The molecule has 0 radical (unpaired) electrons. The summed E-state index contributed by atoms with van der Waals surface area (Å²) in [6, 6.07) is 13.9. The largest absolute Gasteiger partial charge is 0.302 e. The van der Waals surface area contributed by atoms with Crippen LogP contribution in [0.15, 0.2) is 41.8 Å². The summed E-state index contributed by atoms with van der Waals surface area (Å²) in [4.78, 5) is 1.42. The summed E-state index contributed by atoms with van der Waals surface area (Å²) in [6.45, 7) is 6.79. The minimum Gasteiger partial charge on any atom is -0.302 e. The van der Waals surface area contributed by atoms with Crippen LogP contribution in [0.3, 0.4) is 0 Å². The molecule has 1 aromatic carbocycles. The van der Waals surface area contributed by atoms with E-state index >= 15 is 0 Å². The lowest BCUT2D eigenvalue weighted by Crippen LogP contribution is -2.27. The van der Waals surface area contributed by atoms with E-state index in [-0.39, 0.29) is 0 Å². The number of thiophene rings is 1. The molecule has 3 heteroatoms. The van der Waals surface area contributed by atoms with Gasteiger partial charge in [0.05, 0.1) is 0 Å². The second-order valence-corrected chi connectivity index (χ2v) is 7.40. The maximum atomic E-state index is 3.76. The summed E-state index contributed by atoms with van der Waals surface area (Å²) in [6.07, 6.45) is 0. The van der Waals surface area contributed by atoms with E-state index in [0.29, 0.717) is 18.0 Å². The molecule has 0 fully saturated rings. The van der Waals surface area contributed by atoms with Crippen LogP contribution < -0.4 is 5.32 Å². The summed E-state index contributed by atoms with van der Waals surface area (Å²) in [5.41, 5.74) is 1.35. The molecule has 102 valence electrons. The topological polar surface area (TPSA) is 12.0 Å². The molecule has 1 aromatic heterocycles. The lowest BCUT2D eigenvalue weighted by atomic mass is 10.00. The van der Waals surface area contributed by atoms with Crippen molar-refractivity contribution in [1.82, 2.24) is 5.32 Å². The van der Waals surface area contributed by atoms with E-state index in [4.69, 9.17) is 0 Å². The number of hydrogen-bond acceptors (Lipinski definition) is 2. The molecule has 0 aliphatic carbocycles. The van der Waals surface area contributed by atoms with Crippen LogP contribution >= 0.6 is 33.9 Å². The van der Waals surface area contributed by atoms with Crippen LogP contribution in [-0.2, 0) is 0 Å². The molecular formula is C16H20INS. The number of rotatable bonds is 5. The van der Waals surface area contributed by atoms with Crippen molar-refractivity contribution in [3.63, 3.8) is 0 Å². The minimum absolute atomic E-state index is 0.367. The fraction of sp³-hybridized carbons (Fsp3) is 0.375. The average Bonchev–Trinajstić information content (AvgIpc) is 2.89. The Labute approximate surface area is 133 Å². The van der Waals surface area contributed by atoms with Gasteiger partial charge in [-0.15, -0.1) is 11.3 Å². The Kier molecular flexibility index (Phi) is 5.42. The van der Waals surface area contributed by atoms with E-state index < -0.39 is 0 Å². The van der Waals surface area contributed by atoms with Crippen LogP contribution in [0.5, 0.6) is 0 Å². The Morgan fingerprint density at radius 3 is 2.26 bits per heavy atom. The zero-order chi connectivity index (χ0) is 13.8. The van der Waals surface area contributed by atoms with Crippen LogP contribution in [0.25, 0.3) is 0 Å². The fourth-order valence-electron chi connectivity index (χ4n) is 2.19. The molecule has 0 aliphatic heterocycles. The maximum absolute atomic E-state index is 3.76. The molecule has 1 heterocycles. The van der Waals surface area contributed by atoms with Gasteiger partial charge in [-0.1, -0.05) is 32.0 Å². The average molecular weight is 385 g/mol. The number of halogens is 1. The Morgan fingerprint density at radius 2 is 1.74 bits per heavy atom. The third-order valence-electron chi connectivity index (χ3n) is 3.32. The fourth-order valence-corrected chi connectivity index (χ4v) is 3.51. The minimum atomic E-state index is 0.367. The standard InChI is InChI=1S/C16H20INS/c1-11(2)16(15-5-4-10-19-15)18-12(3)13-6-8-14(17)9-7-13/h4-12,16,18H,1-3H3. The number of nitrogens with one attached hydrogen (secondary N) is 1. The second-order valence-electron chi connectivity index (χ2n) is 5.18. The summed E-state index contributed by atoms with van der Waals surface area (Å²) in [7, 11) is 0. The third kappa shape index (κ3) is 4.04. The summed E-state index contributed by atoms with van der Waals surface area (Å²) in [5.74, 6) is 0.588. The molecule has 2 aromatic rings. The van der Waals surface area contributed by atoms with E-state index in [2.05, 4.69) is 90.5 Å². The Hall–Kier alpha value is -0.390. The van der Waals surface area contributed by atoms with Crippen molar-refractivity contribution in [1.29, 1.82) is 0 Å². The van der Waals surface area contributed by atoms with Crippen molar-refractivity contribution in [2.45, 2.75) is 32.9 Å². The van der Waals surface area contributed by atoms with Gasteiger partial charge in [-0.05, 0) is 64.6 Å². The molecule has 2 rings (SSSR count). The predicted octanol–water partition coefficient (Wildman–Crippen LogP) is 5.40. The van der Waals surface area contributed by atoms with E-state index in [1.54, 1.807) is 0 Å². The van der Waals surface area contributed by atoms with Gasteiger partial charge in [0.25, 0.3) is 0 Å². The molecule has 1 nitrogen and oxygen atoms in total. The summed E-state index contributed by atoms with van der Waals surface area (Å²) >= 11 is 4.18. The van der Waals surface area contributed by atoms with Crippen molar-refractivity contribution in [3.8, 4) is 0 Å². The van der Waals surface area contributed by atoms with E-state index in [1.807, 2.05) is 11.3 Å². The monoisotopic (exact) mass is 385 g/mol. The van der Waals surface area contributed by atoms with Crippen molar-refractivity contribution >= 4 is 33.9 Å². The van der Waals surface area contributed by atoms with Gasteiger partial charge in [-0.3, -0.25) is 0 Å². The zero-order valence-electron chi connectivity index (χ0n) is 11.6. The molecule has 0 saturated heterocycles. The normalized spacial score (nSPS) is 14.6. The van der Waals surface area contributed by atoms with Crippen molar-refractivity contribution in [2.75, 3.05) is 0 Å². The van der Waals surface area contributed by atoms with Gasteiger partial charge < -0.3 is 5.32 Å². The highest BCUT2D eigenvalue weighted by molar-refractivity contribution is 14.1. The Bertz CT molecular complexity index is 490. The lowest BCUT2D eigenvalue weighted by molar-refractivity contribution is 0.379. The smallest absolute Gasteiger partial charge is 0.0442 e. The van der Waals surface area contributed by atoms with E-state index in [0.717, 1.165) is 0 Å². The first-order chi connectivity index (χ1) is 9.08. The van der Waals surface area contributed by atoms with Gasteiger partial charge in [0, 0.05) is 20.5 Å². The van der Waals surface area contributed by atoms with Gasteiger partial charge >= 0.3 is 0 Å². The second kappa shape index (κ2) is 6.86. The zero-order valence-corrected chi connectivity index (χ0v) is 14.5. The molecule has 0 amide bonds. The van der Waals surface area contributed by atoms with Crippen molar-refractivity contribution in [2.24, 2.45) is 5.92 Å². The van der Waals surface area contributed by atoms with Gasteiger partial charge in [0.1, 0.15) is 0 Å². The van der Waals surface area contributed by atoms with Crippen molar-refractivity contribution < 1.29 is 0 Å². The predicted molar refractivity (Wildman–Crippen MR) is 92.6 cm³/mol. The van der Waals surface area contributed by atoms with Crippen LogP contribution in [0, 0.1) is 9.49 Å². The van der Waals surface area contributed by atoms with Crippen LogP contribution in [0.2, 0.25) is 0 Å². The summed E-state index contributed by atoms with van der Waals surface area (Å²) in [5, 5.41) is 5.92. The molecule has 0 saturated carbocycles. The van der Waals surface area contributed by atoms with E-state index in [9.17, 15) is 0 Å². The van der Waals surface area contributed by atoms with Crippen LogP contribution in [-0.4, -0.2) is 0 Å². The molecule has 0 bridgehead atoms. The molecular weight excluding hydrogens is 365 g/mol. The third-order valence-corrected chi connectivity index (χ3v) is 4.99.